The molecule has 1 aromatic rings. The Hall–Kier alpha value is -0.930. The van der Waals surface area contributed by atoms with Crippen LogP contribution in [0.25, 0.3) is 0 Å². The zero-order valence-electron chi connectivity index (χ0n) is 9.44. The molecule has 0 spiro atoms. The lowest BCUT2D eigenvalue weighted by Crippen LogP contribution is -2.04. The Morgan fingerprint density at radius 2 is 2.20 bits per heavy atom. The molecular weight excluding hydrogens is 190 g/mol. The molecule has 0 saturated heterocycles. The van der Waals surface area contributed by atoms with Crippen LogP contribution < -0.4 is 0 Å². The van der Waals surface area contributed by atoms with E-state index in [0.717, 1.165) is 24.2 Å². The van der Waals surface area contributed by atoms with Gasteiger partial charge in [0.25, 0.3) is 0 Å². The van der Waals surface area contributed by atoms with Gasteiger partial charge in [-0.3, -0.25) is 4.98 Å². The van der Waals surface area contributed by atoms with Gasteiger partial charge < -0.3 is 9.84 Å². The van der Waals surface area contributed by atoms with Gasteiger partial charge in [0.05, 0.1) is 6.10 Å². The average molecular weight is 209 g/mol. The lowest BCUT2D eigenvalue weighted by Gasteiger charge is -2.11. The number of aryl methyl sites for hydroxylation is 1. The summed E-state index contributed by atoms with van der Waals surface area (Å²) in [7, 11) is 0. The molecule has 3 nitrogen and oxygen atoms in total. The summed E-state index contributed by atoms with van der Waals surface area (Å²) >= 11 is 0. The number of aliphatic hydroxyl groups excluding tert-OH is 1. The SMILES string of the molecule is CCCOCCC(O)c1cncc(C)c1. The predicted molar refractivity (Wildman–Crippen MR) is 59.7 cm³/mol. The number of rotatable bonds is 6. The van der Waals surface area contributed by atoms with Crippen LogP contribution in [0.5, 0.6) is 0 Å². The standard InChI is InChI=1S/C12H19NO2/c1-3-5-15-6-4-12(14)11-7-10(2)8-13-9-11/h7-9,12,14H,3-6H2,1-2H3. The fourth-order valence-corrected chi connectivity index (χ4v) is 1.37. The molecular formula is C12H19NO2. The van der Waals surface area contributed by atoms with Gasteiger partial charge in [-0.15, -0.1) is 0 Å². The summed E-state index contributed by atoms with van der Waals surface area (Å²) in [6, 6.07) is 1.96. The van der Waals surface area contributed by atoms with E-state index in [2.05, 4.69) is 11.9 Å². The summed E-state index contributed by atoms with van der Waals surface area (Å²) in [6.45, 7) is 5.40. The van der Waals surface area contributed by atoms with Crippen LogP contribution in [0.3, 0.4) is 0 Å². The monoisotopic (exact) mass is 209 g/mol. The number of aliphatic hydroxyl groups is 1. The molecule has 15 heavy (non-hydrogen) atoms. The molecule has 0 aliphatic heterocycles. The first-order valence-electron chi connectivity index (χ1n) is 5.41. The summed E-state index contributed by atoms with van der Waals surface area (Å²) in [5.74, 6) is 0. The molecule has 1 atom stereocenters. The Labute approximate surface area is 91.1 Å². The van der Waals surface area contributed by atoms with Crippen LogP contribution in [0.2, 0.25) is 0 Å². The summed E-state index contributed by atoms with van der Waals surface area (Å²) in [5, 5.41) is 9.82. The summed E-state index contributed by atoms with van der Waals surface area (Å²) in [4.78, 5) is 4.05. The second-order valence-electron chi connectivity index (χ2n) is 3.71. The molecule has 0 aliphatic carbocycles. The van der Waals surface area contributed by atoms with E-state index in [1.807, 2.05) is 13.0 Å². The van der Waals surface area contributed by atoms with Gasteiger partial charge in [-0.25, -0.2) is 0 Å². The molecule has 0 amide bonds. The maximum absolute atomic E-state index is 9.82. The maximum Gasteiger partial charge on any atom is 0.0826 e. The number of aromatic nitrogens is 1. The third-order valence-electron chi connectivity index (χ3n) is 2.16. The molecule has 0 fully saturated rings. The highest BCUT2D eigenvalue weighted by Crippen LogP contribution is 2.16. The van der Waals surface area contributed by atoms with E-state index in [1.54, 1.807) is 12.4 Å². The second-order valence-corrected chi connectivity index (χ2v) is 3.71. The highest BCUT2D eigenvalue weighted by molar-refractivity contribution is 5.18. The average Bonchev–Trinajstić information content (AvgIpc) is 2.24. The van der Waals surface area contributed by atoms with Gasteiger partial charge in [0.2, 0.25) is 0 Å². The van der Waals surface area contributed by atoms with Gasteiger partial charge in [0.15, 0.2) is 0 Å². The lowest BCUT2D eigenvalue weighted by atomic mass is 10.1. The summed E-state index contributed by atoms with van der Waals surface area (Å²) < 4.78 is 5.32. The Balaban J connectivity index is 2.36. The number of hydrogen-bond donors (Lipinski definition) is 1. The van der Waals surface area contributed by atoms with Gasteiger partial charge in [-0.1, -0.05) is 13.0 Å². The van der Waals surface area contributed by atoms with E-state index in [-0.39, 0.29) is 0 Å². The second kappa shape index (κ2) is 6.53. The fraction of sp³-hybridized carbons (Fsp3) is 0.583. The largest absolute Gasteiger partial charge is 0.388 e. The molecule has 0 saturated carbocycles. The smallest absolute Gasteiger partial charge is 0.0826 e. The van der Waals surface area contributed by atoms with Crippen molar-refractivity contribution < 1.29 is 9.84 Å². The molecule has 0 bridgehead atoms. The highest BCUT2D eigenvalue weighted by atomic mass is 16.5. The highest BCUT2D eigenvalue weighted by Gasteiger charge is 2.07. The van der Waals surface area contributed by atoms with Crippen LogP contribution >= 0.6 is 0 Å². The maximum atomic E-state index is 9.82. The molecule has 1 N–H and O–H groups in total. The molecule has 0 aliphatic rings. The van der Waals surface area contributed by atoms with Crippen molar-refractivity contribution >= 4 is 0 Å². The van der Waals surface area contributed by atoms with Gasteiger partial charge in [-0.05, 0) is 24.5 Å². The van der Waals surface area contributed by atoms with Gasteiger partial charge >= 0.3 is 0 Å². The third kappa shape index (κ3) is 4.40. The zero-order valence-corrected chi connectivity index (χ0v) is 9.44. The van der Waals surface area contributed by atoms with Crippen LogP contribution in [-0.2, 0) is 4.74 Å². The van der Waals surface area contributed by atoms with E-state index in [1.165, 1.54) is 0 Å². The van der Waals surface area contributed by atoms with Crippen LogP contribution in [0, 0.1) is 6.92 Å². The number of ether oxygens (including phenoxy) is 1. The molecule has 1 rings (SSSR count). The van der Waals surface area contributed by atoms with E-state index in [9.17, 15) is 5.11 Å². The van der Waals surface area contributed by atoms with Crippen LogP contribution in [-0.4, -0.2) is 23.3 Å². The molecule has 1 heterocycles. The van der Waals surface area contributed by atoms with Crippen molar-refractivity contribution in [2.24, 2.45) is 0 Å². The topological polar surface area (TPSA) is 42.4 Å². The van der Waals surface area contributed by atoms with E-state index in [4.69, 9.17) is 4.74 Å². The Morgan fingerprint density at radius 1 is 1.40 bits per heavy atom. The predicted octanol–water partition coefficient (Wildman–Crippen LogP) is 2.24. The van der Waals surface area contributed by atoms with E-state index in [0.29, 0.717) is 13.0 Å². The Bertz CT molecular complexity index is 289. The minimum atomic E-state index is -0.464. The number of nitrogens with zero attached hydrogens (tertiary/aromatic N) is 1. The van der Waals surface area contributed by atoms with E-state index >= 15 is 0 Å². The Kier molecular flexibility index (Phi) is 5.29. The van der Waals surface area contributed by atoms with Crippen molar-refractivity contribution in [2.45, 2.75) is 32.8 Å². The number of hydrogen-bond acceptors (Lipinski definition) is 3. The van der Waals surface area contributed by atoms with Gasteiger partial charge in [0.1, 0.15) is 0 Å². The number of pyridine rings is 1. The van der Waals surface area contributed by atoms with Crippen LogP contribution in [0.15, 0.2) is 18.5 Å². The van der Waals surface area contributed by atoms with Crippen LogP contribution in [0.4, 0.5) is 0 Å². The fourth-order valence-electron chi connectivity index (χ4n) is 1.37. The molecule has 0 radical (unpaired) electrons. The first-order chi connectivity index (χ1) is 7.24. The normalized spacial score (nSPS) is 12.7. The van der Waals surface area contributed by atoms with Crippen LogP contribution in [0.1, 0.15) is 37.0 Å². The molecule has 1 aromatic heterocycles. The minimum Gasteiger partial charge on any atom is -0.388 e. The quantitative estimate of drug-likeness (QED) is 0.731. The van der Waals surface area contributed by atoms with Crippen molar-refractivity contribution in [3.63, 3.8) is 0 Å². The zero-order chi connectivity index (χ0) is 11.1. The molecule has 84 valence electrons. The first-order valence-corrected chi connectivity index (χ1v) is 5.41. The van der Waals surface area contributed by atoms with Crippen molar-refractivity contribution in [3.05, 3.63) is 29.6 Å². The molecule has 3 heteroatoms. The van der Waals surface area contributed by atoms with Crippen molar-refractivity contribution in [1.29, 1.82) is 0 Å². The van der Waals surface area contributed by atoms with E-state index < -0.39 is 6.10 Å². The van der Waals surface area contributed by atoms with Crippen molar-refractivity contribution in [3.8, 4) is 0 Å². The molecule has 0 aromatic carbocycles. The lowest BCUT2D eigenvalue weighted by molar-refractivity contribution is 0.0820. The van der Waals surface area contributed by atoms with Gasteiger partial charge in [-0.2, -0.15) is 0 Å². The first kappa shape index (κ1) is 12.1. The Morgan fingerprint density at radius 3 is 2.87 bits per heavy atom. The molecule has 1 unspecified atom stereocenters. The van der Waals surface area contributed by atoms with Crippen molar-refractivity contribution in [1.82, 2.24) is 4.98 Å². The van der Waals surface area contributed by atoms with Gasteiger partial charge in [0, 0.05) is 32.0 Å². The summed E-state index contributed by atoms with van der Waals surface area (Å²) in [5.41, 5.74) is 1.94. The van der Waals surface area contributed by atoms with Crippen molar-refractivity contribution in [2.75, 3.05) is 13.2 Å². The summed E-state index contributed by atoms with van der Waals surface area (Å²) in [6.07, 6.45) is 4.67. The third-order valence-corrected chi connectivity index (χ3v) is 2.16. The minimum absolute atomic E-state index is 0.464.